The number of azide groups is 1. The summed E-state index contributed by atoms with van der Waals surface area (Å²) in [4.78, 5) is 16.8. The number of aromatic amines is 1. The lowest BCUT2D eigenvalue weighted by Gasteiger charge is -2.27. The summed E-state index contributed by atoms with van der Waals surface area (Å²) in [7, 11) is 0. The van der Waals surface area contributed by atoms with Crippen LogP contribution >= 0.6 is 12.2 Å². The molecule has 2 heterocycles. The van der Waals surface area contributed by atoms with Gasteiger partial charge in [-0.3, -0.25) is 4.79 Å². The normalized spacial score (nSPS) is 16.0. The molecule has 1 aromatic heterocycles. The van der Waals surface area contributed by atoms with Gasteiger partial charge >= 0.3 is 0 Å². The summed E-state index contributed by atoms with van der Waals surface area (Å²) in [5, 5.41) is 3.02. The zero-order valence-electron chi connectivity index (χ0n) is 12.2. The Bertz CT molecular complexity index is 916. The number of carbonyl (C=O) groups excluding carboxylic acids is 1. The number of halogens is 2. The van der Waals surface area contributed by atoms with E-state index >= 15 is 0 Å². The maximum Gasteiger partial charge on any atom is 0.224 e. The number of H-pyrrole nitrogens is 1. The number of nitrogens with one attached hydrogen (secondary N) is 1. The summed E-state index contributed by atoms with van der Waals surface area (Å²) < 4.78 is 34.6. The molecule has 1 aliphatic heterocycles. The molecule has 7 nitrogen and oxygen atoms in total. The van der Waals surface area contributed by atoms with Gasteiger partial charge < -0.3 is 14.3 Å². The average Bonchev–Trinajstić information content (AvgIpc) is 2.87. The number of amides is 1. The number of hydrogen-bond acceptors (Lipinski definition) is 3. The van der Waals surface area contributed by atoms with Crippen LogP contribution in [-0.2, 0) is 17.6 Å². The average molecular weight is 351 g/mol. The van der Waals surface area contributed by atoms with Crippen molar-refractivity contribution in [2.45, 2.75) is 18.9 Å². The minimum absolute atomic E-state index is 0.0291. The number of benzene rings is 1. The van der Waals surface area contributed by atoms with Crippen molar-refractivity contribution in [3.8, 4) is 5.75 Å². The van der Waals surface area contributed by atoms with Crippen LogP contribution in [0.4, 0.5) is 8.78 Å². The van der Waals surface area contributed by atoms with E-state index in [1.165, 1.54) is 12.3 Å². The van der Waals surface area contributed by atoms with Crippen molar-refractivity contribution in [2.24, 2.45) is 5.11 Å². The Kier molecular flexibility index (Phi) is 4.32. The standard InChI is InChI=1S/C14H11F2N5O2S/c15-8-1-7-2-10(6-23-13(7)11(16)3-8)21-9(5-18-14(21)24)4-12(22)19-20-17/h1,3,5,10H,2,4,6H2,(H,18,24). The van der Waals surface area contributed by atoms with Gasteiger partial charge in [-0.15, -0.1) is 0 Å². The third kappa shape index (κ3) is 3.01. The maximum atomic E-state index is 13.7. The fraction of sp³-hybridized carbons (Fsp3) is 0.286. The molecule has 1 aromatic carbocycles. The number of ether oxygens (including phenoxy) is 1. The molecule has 0 saturated carbocycles. The summed E-state index contributed by atoms with van der Waals surface area (Å²) in [6.07, 6.45) is 1.69. The van der Waals surface area contributed by atoms with Gasteiger partial charge in [0.2, 0.25) is 5.91 Å². The van der Waals surface area contributed by atoms with Gasteiger partial charge in [0.05, 0.1) is 12.5 Å². The fourth-order valence-corrected chi connectivity index (χ4v) is 3.10. The molecule has 1 N–H and O–H groups in total. The van der Waals surface area contributed by atoms with Gasteiger partial charge in [-0.2, -0.15) is 0 Å². The highest BCUT2D eigenvalue weighted by molar-refractivity contribution is 7.71. The molecule has 0 spiro atoms. The molecule has 124 valence electrons. The van der Waals surface area contributed by atoms with Crippen LogP contribution in [0.1, 0.15) is 17.3 Å². The van der Waals surface area contributed by atoms with Crippen LogP contribution in [0.2, 0.25) is 0 Å². The number of fused-ring (bicyclic) bond motifs is 1. The van der Waals surface area contributed by atoms with E-state index in [0.717, 1.165) is 6.07 Å². The highest BCUT2D eigenvalue weighted by Gasteiger charge is 2.27. The number of aromatic nitrogens is 2. The fourth-order valence-electron chi connectivity index (χ4n) is 2.78. The van der Waals surface area contributed by atoms with Gasteiger partial charge in [-0.1, -0.05) is 0 Å². The molecule has 1 aliphatic rings. The third-order valence-corrected chi connectivity index (χ3v) is 4.02. The SMILES string of the molecule is [N-]=[N+]=NC(=O)Cc1c[nH]c(=S)n1C1COc2c(F)cc(F)cc2C1. The molecule has 1 atom stereocenters. The zero-order valence-corrected chi connectivity index (χ0v) is 13.0. The van der Waals surface area contributed by atoms with E-state index in [1.54, 1.807) is 4.57 Å². The van der Waals surface area contributed by atoms with Crippen molar-refractivity contribution in [1.82, 2.24) is 9.55 Å². The number of carbonyl (C=O) groups is 1. The van der Waals surface area contributed by atoms with Gasteiger partial charge in [-0.25, -0.2) is 8.78 Å². The van der Waals surface area contributed by atoms with Crippen molar-refractivity contribution >= 4 is 18.1 Å². The first-order valence-corrected chi connectivity index (χ1v) is 7.38. The Labute approximate surface area is 139 Å². The molecule has 2 aromatic rings. The lowest BCUT2D eigenvalue weighted by Crippen LogP contribution is -2.27. The number of rotatable bonds is 3. The molecule has 1 amide bonds. The lowest BCUT2D eigenvalue weighted by molar-refractivity contribution is -0.117. The van der Waals surface area contributed by atoms with E-state index < -0.39 is 17.5 Å². The number of hydrogen-bond donors (Lipinski definition) is 1. The smallest absolute Gasteiger partial charge is 0.224 e. The van der Waals surface area contributed by atoms with Crippen LogP contribution in [0, 0.1) is 16.4 Å². The topological polar surface area (TPSA) is 95.8 Å². The zero-order chi connectivity index (χ0) is 17.3. The highest BCUT2D eigenvalue weighted by atomic mass is 32.1. The van der Waals surface area contributed by atoms with E-state index in [2.05, 4.69) is 15.0 Å². The molecular weight excluding hydrogens is 340 g/mol. The second-order valence-corrected chi connectivity index (χ2v) is 5.65. The van der Waals surface area contributed by atoms with Crippen molar-refractivity contribution < 1.29 is 18.3 Å². The van der Waals surface area contributed by atoms with Crippen molar-refractivity contribution in [3.63, 3.8) is 0 Å². The largest absolute Gasteiger partial charge is 0.488 e. The van der Waals surface area contributed by atoms with Crippen LogP contribution in [-0.4, -0.2) is 22.1 Å². The number of nitrogens with zero attached hydrogens (tertiary/aromatic N) is 4. The van der Waals surface area contributed by atoms with Crippen LogP contribution in [0.3, 0.4) is 0 Å². The molecule has 0 saturated heterocycles. The van der Waals surface area contributed by atoms with Crippen molar-refractivity contribution in [3.05, 3.63) is 56.4 Å². The van der Waals surface area contributed by atoms with E-state index in [9.17, 15) is 13.6 Å². The second-order valence-electron chi connectivity index (χ2n) is 5.26. The van der Waals surface area contributed by atoms with Crippen LogP contribution < -0.4 is 4.74 Å². The molecule has 24 heavy (non-hydrogen) atoms. The lowest BCUT2D eigenvalue weighted by atomic mass is 10.0. The molecule has 0 aliphatic carbocycles. The predicted octanol–water partition coefficient (Wildman–Crippen LogP) is 3.38. The highest BCUT2D eigenvalue weighted by Crippen LogP contribution is 2.33. The summed E-state index contributed by atoms with van der Waals surface area (Å²) >= 11 is 5.21. The van der Waals surface area contributed by atoms with E-state index in [0.29, 0.717) is 22.4 Å². The molecule has 1 unspecified atom stereocenters. The van der Waals surface area contributed by atoms with E-state index in [-0.39, 0.29) is 24.8 Å². The minimum atomic E-state index is -0.750. The first-order chi connectivity index (χ1) is 11.5. The summed E-state index contributed by atoms with van der Waals surface area (Å²) in [5.74, 6) is -2.07. The van der Waals surface area contributed by atoms with E-state index in [1.807, 2.05) is 0 Å². The molecule has 3 rings (SSSR count). The Morgan fingerprint density at radius 3 is 3.08 bits per heavy atom. The monoisotopic (exact) mass is 351 g/mol. The summed E-state index contributed by atoms with van der Waals surface area (Å²) in [5.41, 5.74) is 9.20. The third-order valence-electron chi connectivity index (χ3n) is 3.71. The summed E-state index contributed by atoms with van der Waals surface area (Å²) in [6.45, 7) is 0.115. The molecule has 0 radical (unpaired) electrons. The first-order valence-electron chi connectivity index (χ1n) is 6.97. The first kappa shape index (κ1) is 16.2. The minimum Gasteiger partial charge on any atom is -0.488 e. The Balaban J connectivity index is 1.93. The number of imidazole rings is 1. The van der Waals surface area contributed by atoms with Gasteiger partial charge in [0.25, 0.3) is 0 Å². The molecule has 0 bridgehead atoms. The maximum absolute atomic E-state index is 13.7. The van der Waals surface area contributed by atoms with Crippen molar-refractivity contribution in [2.75, 3.05) is 6.61 Å². The van der Waals surface area contributed by atoms with Crippen LogP contribution in [0.5, 0.6) is 5.75 Å². The molecule has 10 heteroatoms. The Morgan fingerprint density at radius 1 is 1.54 bits per heavy atom. The Morgan fingerprint density at radius 2 is 2.33 bits per heavy atom. The van der Waals surface area contributed by atoms with Gasteiger partial charge in [0.1, 0.15) is 12.4 Å². The van der Waals surface area contributed by atoms with Gasteiger partial charge in [-0.05, 0) is 28.9 Å². The predicted molar refractivity (Wildman–Crippen MR) is 82.1 cm³/mol. The van der Waals surface area contributed by atoms with Gasteiger partial charge in [0.15, 0.2) is 16.3 Å². The van der Waals surface area contributed by atoms with Crippen LogP contribution in [0.25, 0.3) is 10.4 Å². The summed E-state index contributed by atoms with van der Waals surface area (Å²) in [6, 6.07) is 1.64. The molecule has 0 fully saturated rings. The van der Waals surface area contributed by atoms with Crippen molar-refractivity contribution in [1.29, 1.82) is 0 Å². The van der Waals surface area contributed by atoms with Crippen LogP contribution in [0.15, 0.2) is 23.4 Å². The Hall–Kier alpha value is -2.71. The second kappa shape index (κ2) is 6.42. The van der Waals surface area contributed by atoms with E-state index in [4.69, 9.17) is 22.5 Å². The quantitative estimate of drug-likeness (QED) is 0.397. The van der Waals surface area contributed by atoms with Gasteiger partial charge in [0, 0.05) is 34.9 Å². The molecular formula is C14H11F2N5O2S.